The first-order valence-corrected chi connectivity index (χ1v) is 8.53. The van der Waals surface area contributed by atoms with Crippen LogP contribution >= 0.6 is 0 Å². The molecule has 0 fully saturated rings. The maximum atomic E-state index is 12.4. The number of ether oxygens (including phenoxy) is 1. The number of carbonyl (C=O) groups is 2. The third-order valence-electron chi connectivity index (χ3n) is 4.24. The van der Waals surface area contributed by atoms with Crippen LogP contribution in [-0.4, -0.2) is 25.0 Å². The van der Waals surface area contributed by atoms with Crippen LogP contribution in [0.1, 0.15) is 28.4 Å². The van der Waals surface area contributed by atoms with Crippen LogP contribution in [0, 0.1) is 5.92 Å². The van der Waals surface area contributed by atoms with Crippen molar-refractivity contribution in [3.05, 3.63) is 65.2 Å². The van der Waals surface area contributed by atoms with Gasteiger partial charge in [-0.1, -0.05) is 30.3 Å². The molecule has 1 aliphatic heterocycles. The number of carbonyl (C=O) groups excluding carboxylic acids is 2. The molecule has 0 spiro atoms. The van der Waals surface area contributed by atoms with Crippen LogP contribution in [0.15, 0.2) is 48.5 Å². The van der Waals surface area contributed by atoms with Gasteiger partial charge in [0.15, 0.2) is 0 Å². The van der Waals surface area contributed by atoms with Gasteiger partial charge < -0.3 is 15.4 Å². The second kappa shape index (κ2) is 7.83. The maximum absolute atomic E-state index is 12.4. The standard InChI is InChI=1S/C20H22N2O3/c1-2-21-19(23)16-8-5-6-14(10-16)12-22-20(24)17-11-15-7-3-4-9-18(15)25-13-17/h3-10,17H,2,11-13H2,1H3,(H,21,23)(H,22,24)/t17-/m1/s1. The second-order valence-electron chi connectivity index (χ2n) is 6.10. The van der Waals surface area contributed by atoms with E-state index in [1.54, 1.807) is 12.1 Å². The molecular formula is C20H22N2O3. The first-order chi connectivity index (χ1) is 12.2. The summed E-state index contributed by atoms with van der Waals surface area (Å²) >= 11 is 0. The van der Waals surface area contributed by atoms with E-state index in [9.17, 15) is 9.59 Å². The smallest absolute Gasteiger partial charge is 0.251 e. The minimum absolute atomic E-state index is 0.0297. The Hall–Kier alpha value is -2.82. The SMILES string of the molecule is CCNC(=O)c1cccc(CNC(=O)[C@H]2COc3ccccc3C2)c1. The minimum atomic E-state index is -0.193. The zero-order chi connectivity index (χ0) is 17.6. The fourth-order valence-corrected chi connectivity index (χ4v) is 2.92. The van der Waals surface area contributed by atoms with E-state index in [0.29, 0.717) is 31.7 Å². The molecule has 0 saturated carbocycles. The maximum Gasteiger partial charge on any atom is 0.251 e. The summed E-state index contributed by atoms with van der Waals surface area (Å²) in [6.07, 6.45) is 0.682. The Balaban J connectivity index is 1.58. The summed E-state index contributed by atoms with van der Waals surface area (Å²) in [5.74, 6) is 0.536. The van der Waals surface area contributed by atoms with Gasteiger partial charge in [-0.05, 0) is 42.7 Å². The zero-order valence-electron chi connectivity index (χ0n) is 14.2. The van der Waals surface area contributed by atoms with Crippen molar-refractivity contribution in [3.8, 4) is 5.75 Å². The highest BCUT2D eigenvalue weighted by Gasteiger charge is 2.25. The van der Waals surface area contributed by atoms with Gasteiger partial charge in [-0.2, -0.15) is 0 Å². The van der Waals surface area contributed by atoms with Crippen LogP contribution in [0.25, 0.3) is 0 Å². The fraction of sp³-hybridized carbons (Fsp3) is 0.300. The predicted molar refractivity (Wildman–Crippen MR) is 95.4 cm³/mol. The first kappa shape index (κ1) is 17.0. The quantitative estimate of drug-likeness (QED) is 0.879. The van der Waals surface area contributed by atoms with Crippen molar-refractivity contribution in [1.29, 1.82) is 0 Å². The second-order valence-corrected chi connectivity index (χ2v) is 6.10. The Morgan fingerprint density at radius 2 is 1.96 bits per heavy atom. The molecule has 2 aromatic rings. The molecule has 25 heavy (non-hydrogen) atoms. The molecule has 0 radical (unpaired) electrons. The van der Waals surface area contributed by atoms with Gasteiger partial charge in [0, 0.05) is 18.7 Å². The van der Waals surface area contributed by atoms with Gasteiger partial charge in [0.25, 0.3) is 5.91 Å². The summed E-state index contributed by atoms with van der Waals surface area (Å²) in [5.41, 5.74) is 2.56. The third kappa shape index (κ3) is 4.18. The summed E-state index contributed by atoms with van der Waals surface area (Å²) in [6.45, 7) is 3.25. The number of hydrogen-bond acceptors (Lipinski definition) is 3. The normalized spacial score (nSPS) is 15.6. The molecule has 1 atom stereocenters. The van der Waals surface area contributed by atoms with Crippen molar-refractivity contribution in [2.24, 2.45) is 5.92 Å². The Morgan fingerprint density at radius 1 is 1.12 bits per heavy atom. The molecule has 130 valence electrons. The van der Waals surface area contributed by atoms with Crippen LogP contribution in [0.4, 0.5) is 0 Å². The predicted octanol–water partition coefficient (Wildman–Crippen LogP) is 2.30. The zero-order valence-corrected chi connectivity index (χ0v) is 14.2. The lowest BCUT2D eigenvalue weighted by molar-refractivity contribution is -0.126. The summed E-state index contributed by atoms with van der Waals surface area (Å²) < 4.78 is 5.67. The van der Waals surface area contributed by atoms with Crippen molar-refractivity contribution in [3.63, 3.8) is 0 Å². The van der Waals surface area contributed by atoms with E-state index in [1.807, 2.05) is 43.3 Å². The van der Waals surface area contributed by atoms with Crippen LogP contribution in [0.2, 0.25) is 0 Å². The van der Waals surface area contributed by atoms with Crippen molar-refractivity contribution in [2.75, 3.05) is 13.2 Å². The Kier molecular flexibility index (Phi) is 5.33. The molecule has 1 heterocycles. The Bertz CT molecular complexity index is 773. The molecule has 0 unspecified atom stereocenters. The number of benzene rings is 2. The van der Waals surface area contributed by atoms with E-state index in [2.05, 4.69) is 10.6 Å². The van der Waals surface area contributed by atoms with E-state index >= 15 is 0 Å². The van der Waals surface area contributed by atoms with Crippen LogP contribution in [0.5, 0.6) is 5.75 Å². The number of rotatable bonds is 5. The Morgan fingerprint density at radius 3 is 2.80 bits per heavy atom. The highest BCUT2D eigenvalue weighted by Crippen LogP contribution is 2.26. The molecule has 2 N–H and O–H groups in total. The average molecular weight is 338 g/mol. The lowest BCUT2D eigenvalue weighted by atomic mass is 9.96. The van der Waals surface area contributed by atoms with Gasteiger partial charge in [-0.15, -0.1) is 0 Å². The van der Waals surface area contributed by atoms with E-state index in [-0.39, 0.29) is 17.7 Å². The third-order valence-corrected chi connectivity index (χ3v) is 4.24. The van der Waals surface area contributed by atoms with Gasteiger partial charge in [-0.3, -0.25) is 9.59 Å². The van der Waals surface area contributed by atoms with Gasteiger partial charge in [0.2, 0.25) is 5.91 Å². The Labute approximate surface area is 147 Å². The summed E-state index contributed by atoms with van der Waals surface area (Å²) in [4.78, 5) is 24.3. The number of fused-ring (bicyclic) bond motifs is 1. The average Bonchev–Trinajstić information content (AvgIpc) is 2.66. The highest BCUT2D eigenvalue weighted by molar-refractivity contribution is 5.94. The number of hydrogen-bond donors (Lipinski definition) is 2. The molecule has 5 nitrogen and oxygen atoms in total. The number of amides is 2. The fourth-order valence-electron chi connectivity index (χ4n) is 2.92. The molecule has 3 rings (SSSR count). The molecule has 2 amide bonds. The van der Waals surface area contributed by atoms with Crippen LogP contribution < -0.4 is 15.4 Å². The molecule has 0 bridgehead atoms. The molecule has 5 heteroatoms. The van der Waals surface area contributed by atoms with Gasteiger partial charge >= 0.3 is 0 Å². The molecule has 0 aromatic heterocycles. The molecule has 0 aliphatic carbocycles. The van der Waals surface area contributed by atoms with E-state index in [1.165, 1.54) is 0 Å². The summed E-state index contributed by atoms with van der Waals surface area (Å²) in [7, 11) is 0. The lowest BCUT2D eigenvalue weighted by Crippen LogP contribution is -2.37. The summed E-state index contributed by atoms with van der Waals surface area (Å²) in [6, 6.07) is 15.1. The van der Waals surface area contributed by atoms with Gasteiger partial charge in [0.05, 0.1) is 5.92 Å². The highest BCUT2D eigenvalue weighted by atomic mass is 16.5. The van der Waals surface area contributed by atoms with Crippen LogP contribution in [0.3, 0.4) is 0 Å². The molecule has 2 aromatic carbocycles. The number of nitrogens with one attached hydrogen (secondary N) is 2. The van der Waals surface area contributed by atoms with E-state index < -0.39 is 0 Å². The van der Waals surface area contributed by atoms with E-state index in [0.717, 1.165) is 16.9 Å². The van der Waals surface area contributed by atoms with Crippen molar-refractivity contribution >= 4 is 11.8 Å². The molecule has 0 saturated heterocycles. The number of para-hydroxylation sites is 1. The van der Waals surface area contributed by atoms with Crippen molar-refractivity contribution in [2.45, 2.75) is 19.9 Å². The van der Waals surface area contributed by atoms with Crippen LogP contribution in [-0.2, 0) is 17.8 Å². The lowest BCUT2D eigenvalue weighted by Gasteiger charge is -2.24. The van der Waals surface area contributed by atoms with Gasteiger partial charge in [-0.25, -0.2) is 0 Å². The molecule has 1 aliphatic rings. The largest absolute Gasteiger partial charge is 0.492 e. The van der Waals surface area contributed by atoms with E-state index in [4.69, 9.17) is 4.74 Å². The van der Waals surface area contributed by atoms with Gasteiger partial charge in [0.1, 0.15) is 12.4 Å². The molecular weight excluding hydrogens is 316 g/mol. The first-order valence-electron chi connectivity index (χ1n) is 8.53. The minimum Gasteiger partial charge on any atom is -0.492 e. The van der Waals surface area contributed by atoms with Crippen molar-refractivity contribution < 1.29 is 14.3 Å². The summed E-state index contributed by atoms with van der Waals surface area (Å²) in [5, 5.41) is 5.72. The van der Waals surface area contributed by atoms with Crippen molar-refractivity contribution in [1.82, 2.24) is 10.6 Å². The monoisotopic (exact) mass is 338 g/mol. The topological polar surface area (TPSA) is 67.4 Å².